The van der Waals surface area contributed by atoms with Gasteiger partial charge in [0.15, 0.2) is 0 Å². The Bertz CT molecular complexity index is 317. The van der Waals surface area contributed by atoms with E-state index < -0.39 is 0 Å². The Morgan fingerprint density at radius 2 is 1.65 bits per heavy atom. The largest absolute Gasteiger partial charge is 0.491 e. The van der Waals surface area contributed by atoms with Crippen LogP contribution in [0.3, 0.4) is 0 Å². The average molecular weight is 237 g/mol. The fourth-order valence-electron chi connectivity index (χ4n) is 1.58. The molecule has 0 unspecified atom stereocenters. The average Bonchev–Trinajstić information content (AvgIpc) is 2.26. The molecule has 0 aliphatic rings. The number of hydrogen-bond acceptors (Lipinski definition) is 3. The van der Waals surface area contributed by atoms with Crippen molar-refractivity contribution in [2.24, 2.45) is 0 Å². The third-order valence-electron chi connectivity index (χ3n) is 2.57. The van der Waals surface area contributed by atoms with E-state index in [0.717, 1.165) is 18.9 Å². The summed E-state index contributed by atoms with van der Waals surface area (Å²) in [5.74, 6) is 0.990. The molecule has 1 aromatic rings. The number of likely N-dealkylation sites (N-methyl/N-ethyl adjacent to an activating group) is 1. The standard InChI is InChI=1S/C14H23NO2/c1-12-6-5-7-13(2)14(12)17-11-10-16-9-8-15(3)4/h5-7H,8-11H2,1-4H3. The molecular weight excluding hydrogens is 214 g/mol. The molecule has 0 saturated heterocycles. The van der Waals surface area contributed by atoms with Gasteiger partial charge in [-0.1, -0.05) is 18.2 Å². The molecule has 0 amide bonds. The minimum atomic E-state index is 0.610. The van der Waals surface area contributed by atoms with Crippen LogP contribution in [0.2, 0.25) is 0 Å². The van der Waals surface area contributed by atoms with Gasteiger partial charge in [-0.25, -0.2) is 0 Å². The minimum absolute atomic E-state index is 0.610. The molecule has 0 aromatic heterocycles. The summed E-state index contributed by atoms with van der Waals surface area (Å²) in [4.78, 5) is 2.10. The van der Waals surface area contributed by atoms with Crippen molar-refractivity contribution in [2.75, 3.05) is 40.5 Å². The quantitative estimate of drug-likeness (QED) is 0.679. The van der Waals surface area contributed by atoms with Crippen molar-refractivity contribution in [3.8, 4) is 5.75 Å². The number of benzene rings is 1. The summed E-state index contributed by atoms with van der Waals surface area (Å²) in [6.07, 6.45) is 0. The van der Waals surface area contributed by atoms with E-state index in [2.05, 4.69) is 30.9 Å². The summed E-state index contributed by atoms with van der Waals surface area (Å²) in [5, 5.41) is 0. The molecular formula is C14H23NO2. The maximum Gasteiger partial charge on any atom is 0.125 e. The molecule has 1 rings (SSSR count). The smallest absolute Gasteiger partial charge is 0.125 e. The molecule has 0 aliphatic carbocycles. The number of nitrogens with zero attached hydrogens (tertiary/aromatic N) is 1. The summed E-state index contributed by atoms with van der Waals surface area (Å²) in [5.41, 5.74) is 2.36. The van der Waals surface area contributed by atoms with Gasteiger partial charge < -0.3 is 14.4 Å². The zero-order chi connectivity index (χ0) is 12.7. The lowest BCUT2D eigenvalue weighted by molar-refractivity contribution is 0.0886. The van der Waals surface area contributed by atoms with E-state index >= 15 is 0 Å². The second-order valence-corrected chi connectivity index (χ2v) is 4.49. The first-order valence-electron chi connectivity index (χ1n) is 6.02. The van der Waals surface area contributed by atoms with Gasteiger partial charge >= 0.3 is 0 Å². The maximum atomic E-state index is 5.74. The monoisotopic (exact) mass is 237 g/mol. The lowest BCUT2D eigenvalue weighted by Gasteiger charge is -2.13. The summed E-state index contributed by atoms with van der Waals surface area (Å²) < 4.78 is 11.2. The molecule has 3 heteroatoms. The highest BCUT2D eigenvalue weighted by Crippen LogP contribution is 2.21. The number of aryl methyl sites for hydroxylation is 2. The Kier molecular flexibility index (Phi) is 6.01. The van der Waals surface area contributed by atoms with Crippen molar-refractivity contribution >= 4 is 0 Å². The van der Waals surface area contributed by atoms with Gasteiger partial charge in [0.1, 0.15) is 12.4 Å². The second kappa shape index (κ2) is 7.30. The third-order valence-corrected chi connectivity index (χ3v) is 2.57. The molecule has 96 valence electrons. The lowest BCUT2D eigenvalue weighted by Crippen LogP contribution is -2.19. The summed E-state index contributed by atoms with van der Waals surface area (Å²) in [6.45, 7) is 7.08. The Hall–Kier alpha value is -1.06. The van der Waals surface area contributed by atoms with Crippen LogP contribution in [0.4, 0.5) is 0 Å². The number of rotatable bonds is 7. The second-order valence-electron chi connectivity index (χ2n) is 4.49. The van der Waals surface area contributed by atoms with E-state index in [-0.39, 0.29) is 0 Å². The van der Waals surface area contributed by atoms with Crippen LogP contribution in [0, 0.1) is 13.8 Å². The summed E-state index contributed by atoms with van der Waals surface area (Å²) in [6, 6.07) is 6.18. The van der Waals surface area contributed by atoms with Crippen LogP contribution >= 0.6 is 0 Å². The highest BCUT2D eigenvalue weighted by Gasteiger charge is 2.02. The SMILES string of the molecule is Cc1cccc(C)c1OCCOCCN(C)C. The van der Waals surface area contributed by atoms with Gasteiger partial charge in [-0.2, -0.15) is 0 Å². The van der Waals surface area contributed by atoms with Crippen molar-refractivity contribution in [1.29, 1.82) is 0 Å². The predicted octanol–water partition coefficient (Wildman–Crippen LogP) is 2.26. The van der Waals surface area contributed by atoms with E-state index in [0.29, 0.717) is 13.2 Å². The Morgan fingerprint density at radius 3 is 2.24 bits per heavy atom. The summed E-state index contributed by atoms with van der Waals surface area (Å²) in [7, 11) is 4.08. The van der Waals surface area contributed by atoms with Crippen LogP contribution < -0.4 is 4.74 Å². The molecule has 0 fully saturated rings. The summed E-state index contributed by atoms with van der Waals surface area (Å²) >= 11 is 0. The Labute approximate surface area is 104 Å². The molecule has 0 spiro atoms. The molecule has 0 radical (unpaired) electrons. The van der Waals surface area contributed by atoms with Crippen LogP contribution in [0.15, 0.2) is 18.2 Å². The van der Waals surface area contributed by atoms with Crippen molar-refractivity contribution in [2.45, 2.75) is 13.8 Å². The first-order valence-corrected chi connectivity index (χ1v) is 6.02. The molecule has 1 aromatic carbocycles. The first kappa shape index (κ1) is 14.0. The topological polar surface area (TPSA) is 21.7 Å². The molecule has 0 aliphatic heterocycles. The highest BCUT2D eigenvalue weighted by atomic mass is 16.5. The van der Waals surface area contributed by atoms with Crippen LogP contribution in [0.5, 0.6) is 5.75 Å². The van der Waals surface area contributed by atoms with Crippen LogP contribution in [-0.4, -0.2) is 45.4 Å². The van der Waals surface area contributed by atoms with Gasteiger partial charge in [0.05, 0.1) is 13.2 Å². The lowest BCUT2D eigenvalue weighted by atomic mass is 10.1. The zero-order valence-electron chi connectivity index (χ0n) is 11.3. The molecule has 0 atom stereocenters. The van der Waals surface area contributed by atoms with Crippen LogP contribution in [0.1, 0.15) is 11.1 Å². The van der Waals surface area contributed by atoms with E-state index in [1.807, 2.05) is 20.2 Å². The van der Waals surface area contributed by atoms with Crippen molar-refractivity contribution in [3.63, 3.8) is 0 Å². The third kappa shape index (κ3) is 5.20. The van der Waals surface area contributed by atoms with Gasteiger partial charge in [-0.05, 0) is 39.1 Å². The van der Waals surface area contributed by atoms with Gasteiger partial charge in [0.25, 0.3) is 0 Å². The van der Waals surface area contributed by atoms with E-state index in [4.69, 9.17) is 9.47 Å². The fraction of sp³-hybridized carbons (Fsp3) is 0.571. The van der Waals surface area contributed by atoms with Gasteiger partial charge in [0, 0.05) is 6.54 Å². The Balaban J connectivity index is 2.22. The minimum Gasteiger partial charge on any atom is -0.491 e. The predicted molar refractivity (Wildman–Crippen MR) is 70.8 cm³/mol. The number of hydrogen-bond donors (Lipinski definition) is 0. The van der Waals surface area contributed by atoms with Crippen molar-refractivity contribution < 1.29 is 9.47 Å². The molecule has 17 heavy (non-hydrogen) atoms. The van der Waals surface area contributed by atoms with Crippen LogP contribution in [0.25, 0.3) is 0 Å². The molecule has 0 saturated carbocycles. The molecule has 0 bridgehead atoms. The van der Waals surface area contributed by atoms with E-state index in [1.165, 1.54) is 11.1 Å². The molecule has 0 N–H and O–H groups in total. The van der Waals surface area contributed by atoms with E-state index in [9.17, 15) is 0 Å². The van der Waals surface area contributed by atoms with Gasteiger partial charge in [0.2, 0.25) is 0 Å². The number of para-hydroxylation sites is 1. The van der Waals surface area contributed by atoms with Gasteiger partial charge in [-0.3, -0.25) is 0 Å². The van der Waals surface area contributed by atoms with Crippen LogP contribution in [-0.2, 0) is 4.74 Å². The normalized spacial score (nSPS) is 10.9. The molecule has 0 heterocycles. The first-order chi connectivity index (χ1) is 8.11. The fourth-order valence-corrected chi connectivity index (χ4v) is 1.58. The van der Waals surface area contributed by atoms with E-state index in [1.54, 1.807) is 0 Å². The van der Waals surface area contributed by atoms with Crippen molar-refractivity contribution in [3.05, 3.63) is 29.3 Å². The zero-order valence-corrected chi connectivity index (χ0v) is 11.3. The van der Waals surface area contributed by atoms with Gasteiger partial charge in [-0.15, -0.1) is 0 Å². The number of ether oxygens (including phenoxy) is 2. The van der Waals surface area contributed by atoms with Crippen molar-refractivity contribution in [1.82, 2.24) is 4.90 Å². The maximum absolute atomic E-state index is 5.74. The highest BCUT2D eigenvalue weighted by molar-refractivity contribution is 5.39. The Morgan fingerprint density at radius 1 is 1.00 bits per heavy atom. The molecule has 3 nitrogen and oxygen atoms in total.